The average Bonchev–Trinajstić information content (AvgIpc) is 2.49. The highest BCUT2D eigenvalue weighted by Gasteiger charge is 2.21. The number of nitrogens with one attached hydrogen (secondary N) is 2. The molecule has 1 aliphatic heterocycles. The fourth-order valence-corrected chi connectivity index (χ4v) is 4.87. The lowest BCUT2D eigenvalue weighted by Gasteiger charge is -2.22. The minimum atomic E-state index is -3.38. The molecule has 0 spiro atoms. The number of aryl methyl sites for hydroxylation is 1. The van der Waals surface area contributed by atoms with E-state index >= 15 is 0 Å². The molecule has 1 saturated heterocycles. The lowest BCUT2D eigenvalue weighted by molar-refractivity contribution is 0.543. The van der Waals surface area contributed by atoms with Crippen LogP contribution in [0.5, 0.6) is 0 Å². The number of sulfonamides is 1. The van der Waals surface area contributed by atoms with Crippen molar-refractivity contribution in [3.8, 4) is 0 Å². The van der Waals surface area contributed by atoms with Gasteiger partial charge in [-0.25, -0.2) is 13.1 Å². The maximum atomic E-state index is 12.3. The molecule has 1 fully saturated rings. The summed E-state index contributed by atoms with van der Waals surface area (Å²) in [6, 6.07) is 7.34. The molecule has 118 valence electrons. The smallest absolute Gasteiger partial charge is 0.240 e. The normalized spacial score (nSPS) is 19.6. The molecular weight excluding hydrogens is 304 g/mol. The number of hydrogen-bond donors (Lipinski definition) is 2. The van der Waals surface area contributed by atoms with Crippen LogP contribution < -0.4 is 10.0 Å². The second kappa shape index (κ2) is 8.17. The van der Waals surface area contributed by atoms with Gasteiger partial charge in [-0.2, -0.15) is 11.8 Å². The number of benzene rings is 1. The second-order valence-electron chi connectivity index (χ2n) is 5.39. The van der Waals surface area contributed by atoms with Crippen LogP contribution in [0.4, 0.5) is 0 Å². The highest BCUT2D eigenvalue weighted by molar-refractivity contribution is 7.99. The van der Waals surface area contributed by atoms with Crippen molar-refractivity contribution >= 4 is 21.8 Å². The van der Waals surface area contributed by atoms with E-state index in [1.54, 1.807) is 12.1 Å². The Morgan fingerprint density at radius 3 is 2.67 bits per heavy atom. The second-order valence-corrected chi connectivity index (χ2v) is 8.25. The zero-order valence-electron chi connectivity index (χ0n) is 12.5. The highest BCUT2D eigenvalue weighted by Crippen LogP contribution is 2.19. The third-order valence-corrected chi connectivity index (χ3v) is 6.36. The quantitative estimate of drug-likeness (QED) is 0.752. The van der Waals surface area contributed by atoms with Gasteiger partial charge in [-0.15, -0.1) is 0 Å². The fraction of sp³-hybridized carbons (Fsp3) is 0.600. The lowest BCUT2D eigenvalue weighted by atomic mass is 10.1. The summed E-state index contributed by atoms with van der Waals surface area (Å²) in [7, 11) is -1.44. The Kier molecular flexibility index (Phi) is 6.54. The third-order valence-electron chi connectivity index (χ3n) is 3.61. The predicted molar refractivity (Wildman–Crippen MR) is 89.4 cm³/mol. The molecule has 21 heavy (non-hydrogen) atoms. The molecular formula is C15H24N2O2S2. The van der Waals surface area contributed by atoms with Crippen LogP contribution in [0.15, 0.2) is 29.2 Å². The molecule has 1 aromatic carbocycles. The predicted octanol–water partition coefficient (Wildman–Crippen LogP) is 2.01. The summed E-state index contributed by atoms with van der Waals surface area (Å²) in [5.74, 6) is 2.01. The summed E-state index contributed by atoms with van der Waals surface area (Å²) in [6.45, 7) is 0.973. The van der Waals surface area contributed by atoms with Crippen LogP contribution in [-0.4, -0.2) is 39.6 Å². The van der Waals surface area contributed by atoms with E-state index in [-0.39, 0.29) is 6.04 Å². The molecule has 1 atom stereocenters. The first-order chi connectivity index (χ1) is 10.1. The van der Waals surface area contributed by atoms with Crippen LogP contribution in [0.2, 0.25) is 0 Å². The summed E-state index contributed by atoms with van der Waals surface area (Å²) in [5, 5.41) is 3.11. The van der Waals surface area contributed by atoms with E-state index < -0.39 is 10.0 Å². The summed E-state index contributed by atoms with van der Waals surface area (Å²) >= 11 is 1.82. The van der Waals surface area contributed by atoms with E-state index in [2.05, 4.69) is 10.0 Å². The van der Waals surface area contributed by atoms with Crippen molar-refractivity contribution in [1.82, 2.24) is 10.0 Å². The van der Waals surface area contributed by atoms with Crippen molar-refractivity contribution in [1.29, 1.82) is 0 Å². The third kappa shape index (κ3) is 5.29. The van der Waals surface area contributed by atoms with Crippen molar-refractivity contribution in [2.45, 2.75) is 36.6 Å². The Bertz CT molecular complexity index is 523. The van der Waals surface area contributed by atoms with Crippen molar-refractivity contribution in [3.05, 3.63) is 29.8 Å². The van der Waals surface area contributed by atoms with Gasteiger partial charge in [0.25, 0.3) is 0 Å². The molecule has 2 rings (SSSR count). The van der Waals surface area contributed by atoms with Gasteiger partial charge in [-0.1, -0.05) is 12.1 Å². The Labute approximate surface area is 132 Å². The molecule has 6 heteroatoms. The van der Waals surface area contributed by atoms with Crippen LogP contribution >= 0.6 is 11.8 Å². The Morgan fingerprint density at radius 1 is 1.29 bits per heavy atom. The Balaban J connectivity index is 1.95. The zero-order valence-corrected chi connectivity index (χ0v) is 14.1. The molecule has 0 radical (unpaired) electrons. The van der Waals surface area contributed by atoms with Crippen LogP contribution in [0.25, 0.3) is 0 Å². The van der Waals surface area contributed by atoms with Gasteiger partial charge in [0.2, 0.25) is 10.0 Å². The van der Waals surface area contributed by atoms with Crippen LogP contribution in [0, 0.1) is 0 Å². The average molecular weight is 329 g/mol. The first-order valence-corrected chi connectivity index (χ1v) is 10.1. The molecule has 2 N–H and O–H groups in total. The van der Waals surface area contributed by atoms with Crippen LogP contribution in [0.1, 0.15) is 24.8 Å². The largest absolute Gasteiger partial charge is 0.320 e. The molecule has 0 saturated carbocycles. The van der Waals surface area contributed by atoms with Gasteiger partial charge in [0, 0.05) is 11.8 Å². The molecule has 0 bridgehead atoms. The number of thioether (sulfide) groups is 1. The van der Waals surface area contributed by atoms with Gasteiger partial charge in [-0.3, -0.25) is 0 Å². The molecule has 0 amide bonds. The van der Waals surface area contributed by atoms with E-state index in [1.165, 1.54) is 5.56 Å². The Morgan fingerprint density at radius 2 is 2.05 bits per heavy atom. The zero-order chi connectivity index (χ0) is 15.1. The van der Waals surface area contributed by atoms with Crippen LogP contribution in [-0.2, 0) is 16.4 Å². The van der Waals surface area contributed by atoms with Crippen molar-refractivity contribution in [3.63, 3.8) is 0 Å². The van der Waals surface area contributed by atoms with E-state index in [0.717, 1.165) is 43.7 Å². The van der Waals surface area contributed by atoms with E-state index in [0.29, 0.717) is 4.90 Å². The summed E-state index contributed by atoms with van der Waals surface area (Å²) in [5.41, 5.74) is 1.18. The SMILES string of the molecule is CNCCCc1ccc(S(=O)(=O)NC2CCCSC2)cc1. The maximum Gasteiger partial charge on any atom is 0.240 e. The van der Waals surface area contributed by atoms with E-state index in [9.17, 15) is 8.42 Å². The molecule has 4 nitrogen and oxygen atoms in total. The number of hydrogen-bond acceptors (Lipinski definition) is 4. The van der Waals surface area contributed by atoms with Gasteiger partial charge in [0.05, 0.1) is 4.90 Å². The first-order valence-electron chi connectivity index (χ1n) is 7.45. The Hall–Kier alpha value is -0.560. The van der Waals surface area contributed by atoms with Gasteiger partial charge < -0.3 is 5.32 Å². The van der Waals surface area contributed by atoms with Gasteiger partial charge >= 0.3 is 0 Å². The van der Waals surface area contributed by atoms with E-state index in [1.807, 2.05) is 30.9 Å². The fourth-order valence-electron chi connectivity index (χ4n) is 2.43. The van der Waals surface area contributed by atoms with Crippen molar-refractivity contribution in [2.75, 3.05) is 25.1 Å². The van der Waals surface area contributed by atoms with Gasteiger partial charge in [0.15, 0.2) is 0 Å². The van der Waals surface area contributed by atoms with Crippen molar-refractivity contribution in [2.24, 2.45) is 0 Å². The number of rotatable bonds is 7. The van der Waals surface area contributed by atoms with Gasteiger partial charge in [0.1, 0.15) is 0 Å². The molecule has 0 aliphatic carbocycles. The minimum Gasteiger partial charge on any atom is -0.320 e. The summed E-state index contributed by atoms with van der Waals surface area (Å²) < 4.78 is 27.5. The molecule has 0 aromatic heterocycles. The molecule has 1 unspecified atom stereocenters. The summed E-state index contributed by atoms with van der Waals surface area (Å²) in [4.78, 5) is 0.371. The van der Waals surface area contributed by atoms with E-state index in [4.69, 9.17) is 0 Å². The molecule has 1 aliphatic rings. The van der Waals surface area contributed by atoms with Crippen LogP contribution in [0.3, 0.4) is 0 Å². The highest BCUT2D eigenvalue weighted by atomic mass is 32.2. The molecule has 1 aromatic rings. The topological polar surface area (TPSA) is 58.2 Å². The maximum absolute atomic E-state index is 12.3. The van der Waals surface area contributed by atoms with Crippen molar-refractivity contribution < 1.29 is 8.42 Å². The monoisotopic (exact) mass is 328 g/mol. The van der Waals surface area contributed by atoms with Gasteiger partial charge in [-0.05, 0) is 62.7 Å². The minimum absolute atomic E-state index is 0.0732. The lowest BCUT2D eigenvalue weighted by Crippen LogP contribution is -2.38. The standard InChI is InChI=1S/C15H24N2O2S2/c1-16-10-2-4-13-6-8-15(9-7-13)21(18,19)17-14-5-3-11-20-12-14/h6-9,14,16-17H,2-5,10-12H2,1H3. The summed E-state index contributed by atoms with van der Waals surface area (Å²) in [6.07, 6.45) is 4.05. The first kappa shape index (κ1) is 16.8. The molecule has 1 heterocycles.